The summed E-state index contributed by atoms with van der Waals surface area (Å²) in [7, 11) is 0. The van der Waals surface area contributed by atoms with E-state index in [2.05, 4.69) is 0 Å². The summed E-state index contributed by atoms with van der Waals surface area (Å²) in [6, 6.07) is 0. The Morgan fingerprint density at radius 1 is 1.67 bits per heavy atom. The predicted octanol–water partition coefficient (Wildman–Crippen LogP) is 0.821. The van der Waals surface area contributed by atoms with Crippen LogP contribution in [0.25, 0.3) is 0 Å². The maximum atomic E-state index is 10.7. The summed E-state index contributed by atoms with van der Waals surface area (Å²) in [6.07, 6.45) is 0.375. The molecular formula is C8H12O3S. The molecule has 0 aromatic carbocycles. The van der Waals surface area contributed by atoms with Gasteiger partial charge >= 0.3 is 5.97 Å². The van der Waals surface area contributed by atoms with Crippen molar-refractivity contribution >= 4 is 17.7 Å². The van der Waals surface area contributed by atoms with E-state index < -0.39 is 0 Å². The summed E-state index contributed by atoms with van der Waals surface area (Å²) in [6.45, 7) is 3.49. The molecule has 0 aromatic rings. The third-order valence-corrected chi connectivity index (χ3v) is 3.85. The highest BCUT2D eigenvalue weighted by Gasteiger charge is 2.50. The number of fused-ring (bicyclic) bond motifs is 2. The van der Waals surface area contributed by atoms with Gasteiger partial charge in [0.15, 0.2) is 0 Å². The molecule has 2 bridgehead atoms. The van der Waals surface area contributed by atoms with E-state index in [9.17, 15) is 4.79 Å². The number of esters is 1. The van der Waals surface area contributed by atoms with Gasteiger partial charge in [0.2, 0.25) is 0 Å². The van der Waals surface area contributed by atoms with Gasteiger partial charge in [0.25, 0.3) is 0 Å². The van der Waals surface area contributed by atoms with Crippen molar-refractivity contribution in [3.8, 4) is 0 Å². The second-order valence-corrected chi connectivity index (χ2v) is 4.46. The van der Waals surface area contributed by atoms with Gasteiger partial charge in [-0.1, -0.05) is 0 Å². The Morgan fingerprint density at radius 2 is 2.42 bits per heavy atom. The molecule has 0 aliphatic carbocycles. The van der Waals surface area contributed by atoms with Crippen molar-refractivity contribution in [2.45, 2.75) is 37.4 Å². The molecule has 2 saturated heterocycles. The van der Waals surface area contributed by atoms with Crippen LogP contribution in [-0.2, 0) is 14.3 Å². The number of thioether (sulfide) groups is 1. The first-order valence-corrected chi connectivity index (χ1v) is 5.17. The molecule has 0 aromatic heterocycles. The Bertz CT molecular complexity index is 206. The minimum atomic E-state index is -0.199. The van der Waals surface area contributed by atoms with E-state index in [0.717, 1.165) is 5.75 Å². The van der Waals surface area contributed by atoms with Crippen molar-refractivity contribution in [1.29, 1.82) is 0 Å². The normalized spacial score (nSPS) is 44.8. The highest BCUT2D eigenvalue weighted by molar-refractivity contribution is 8.00. The standard InChI is InChI=1S/C8H12O3S/c1-4-8-7(11-5(2)9)6(10-4)3-12-8/h4,6-8H,3H2,1-2H3. The van der Waals surface area contributed by atoms with Crippen LogP contribution < -0.4 is 0 Å². The third kappa shape index (κ3) is 1.23. The van der Waals surface area contributed by atoms with E-state index in [1.54, 1.807) is 0 Å². The molecule has 4 atom stereocenters. The summed E-state index contributed by atoms with van der Waals surface area (Å²) >= 11 is 1.85. The van der Waals surface area contributed by atoms with Crippen LogP contribution in [-0.4, -0.2) is 35.3 Å². The molecule has 2 rings (SSSR count). The molecule has 3 nitrogen and oxygen atoms in total. The molecular weight excluding hydrogens is 176 g/mol. The van der Waals surface area contributed by atoms with Gasteiger partial charge in [-0.25, -0.2) is 0 Å². The second-order valence-electron chi connectivity index (χ2n) is 3.25. The van der Waals surface area contributed by atoms with Gasteiger partial charge in [-0.3, -0.25) is 4.79 Å². The van der Waals surface area contributed by atoms with E-state index >= 15 is 0 Å². The Kier molecular flexibility index (Phi) is 2.04. The minimum Gasteiger partial charge on any atom is -0.458 e. The summed E-state index contributed by atoms with van der Waals surface area (Å²) in [4.78, 5) is 10.7. The average molecular weight is 188 g/mol. The largest absolute Gasteiger partial charge is 0.458 e. The number of rotatable bonds is 1. The molecule has 2 aliphatic heterocycles. The third-order valence-electron chi connectivity index (χ3n) is 2.30. The maximum absolute atomic E-state index is 10.7. The SMILES string of the molecule is CC(=O)OC1C2CSC1C(C)O2. The van der Waals surface area contributed by atoms with Gasteiger partial charge in [0, 0.05) is 12.7 Å². The second kappa shape index (κ2) is 2.92. The van der Waals surface area contributed by atoms with E-state index in [1.807, 2.05) is 18.7 Å². The van der Waals surface area contributed by atoms with Crippen LogP contribution in [0.2, 0.25) is 0 Å². The molecule has 2 fully saturated rings. The van der Waals surface area contributed by atoms with Gasteiger partial charge in [-0.15, -0.1) is 11.8 Å². The fourth-order valence-corrected chi connectivity index (χ4v) is 3.25. The first kappa shape index (κ1) is 8.38. The highest BCUT2D eigenvalue weighted by atomic mass is 32.2. The molecule has 68 valence electrons. The first-order valence-electron chi connectivity index (χ1n) is 4.13. The summed E-state index contributed by atoms with van der Waals surface area (Å²) in [5.41, 5.74) is 0. The summed E-state index contributed by atoms with van der Waals surface area (Å²) in [5.74, 6) is 0.766. The number of carbonyl (C=O) groups excluding carboxylic acids is 1. The monoisotopic (exact) mass is 188 g/mol. The van der Waals surface area contributed by atoms with Crippen LogP contribution in [0.4, 0.5) is 0 Å². The molecule has 0 N–H and O–H groups in total. The van der Waals surface area contributed by atoms with E-state index in [1.165, 1.54) is 6.92 Å². The van der Waals surface area contributed by atoms with Crippen molar-refractivity contribution in [2.24, 2.45) is 0 Å². The summed E-state index contributed by atoms with van der Waals surface area (Å²) < 4.78 is 10.8. The van der Waals surface area contributed by atoms with Crippen molar-refractivity contribution in [3.63, 3.8) is 0 Å². The zero-order valence-corrected chi connectivity index (χ0v) is 7.97. The lowest BCUT2D eigenvalue weighted by atomic mass is 10.1. The lowest BCUT2D eigenvalue weighted by Crippen LogP contribution is -2.28. The molecule has 2 aliphatic rings. The number of ether oxygens (including phenoxy) is 2. The Hall–Kier alpha value is -0.220. The van der Waals surface area contributed by atoms with E-state index in [4.69, 9.17) is 9.47 Å². The van der Waals surface area contributed by atoms with Crippen LogP contribution in [0.1, 0.15) is 13.8 Å². The van der Waals surface area contributed by atoms with Gasteiger partial charge in [0.1, 0.15) is 12.2 Å². The molecule has 0 amide bonds. The molecule has 12 heavy (non-hydrogen) atoms. The maximum Gasteiger partial charge on any atom is 0.303 e. The topological polar surface area (TPSA) is 35.5 Å². The lowest BCUT2D eigenvalue weighted by Gasteiger charge is -2.15. The van der Waals surface area contributed by atoms with E-state index in [-0.39, 0.29) is 24.3 Å². The Labute approximate surface area is 75.8 Å². The number of hydrogen-bond acceptors (Lipinski definition) is 4. The quantitative estimate of drug-likeness (QED) is 0.571. The van der Waals surface area contributed by atoms with Crippen molar-refractivity contribution < 1.29 is 14.3 Å². The Morgan fingerprint density at radius 3 is 2.83 bits per heavy atom. The molecule has 0 radical (unpaired) electrons. The smallest absolute Gasteiger partial charge is 0.303 e. The molecule has 2 heterocycles. The molecule has 4 unspecified atom stereocenters. The number of hydrogen-bond donors (Lipinski definition) is 0. The zero-order chi connectivity index (χ0) is 8.72. The predicted molar refractivity (Wildman–Crippen MR) is 46.1 cm³/mol. The van der Waals surface area contributed by atoms with Gasteiger partial charge in [0.05, 0.1) is 11.4 Å². The fraction of sp³-hybridized carbons (Fsp3) is 0.875. The minimum absolute atomic E-state index is 0.00231. The Balaban J connectivity index is 2.03. The molecule has 4 heteroatoms. The lowest BCUT2D eigenvalue weighted by molar-refractivity contribution is -0.147. The van der Waals surface area contributed by atoms with Crippen LogP contribution in [0.5, 0.6) is 0 Å². The van der Waals surface area contributed by atoms with Crippen LogP contribution in [0.3, 0.4) is 0 Å². The van der Waals surface area contributed by atoms with Crippen LogP contribution in [0.15, 0.2) is 0 Å². The van der Waals surface area contributed by atoms with Gasteiger partial charge in [-0.05, 0) is 6.92 Å². The van der Waals surface area contributed by atoms with Crippen LogP contribution >= 0.6 is 11.8 Å². The molecule has 0 spiro atoms. The zero-order valence-electron chi connectivity index (χ0n) is 7.15. The van der Waals surface area contributed by atoms with Crippen molar-refractivity contribution in [1.82, 2.24) is 0 Å². The van der Waals surface area contributed by atoms with Crippen molar-refractivity contribution in [2.75, 3.05) is 5.75 Å². The fourth-order valence-electron chi connectivity index (χ4n) is 1.81. The summed E-state index contributed by atoms with van der Waals surface area (Å²) in [5, 5.41) is 0.360. The van der Waals surface area contributed by atoms with E-state index in [0.29, 0.717) is 5.25 Å². The highest BCUT2D eigenvalue weighted by Crippen LogP contribution is 2.41. The van der Waals surface area contributed by atoms with Gasteiger partial charge < -0.3 is 9.47 Å². The first-order chi connectivity index (χ1) is 5.68. The molecule has 0 saturated carbocycles. The van der Waals surface area contributed by atoms with Crippen molar-refractivity contribution in [3.05, 3.63) is 0 Å². The number of carbonyl (C=O) groups is 1. The van der Waals surface area contributed by atoms with Gasteiger partial charge in [-0.2, -0.15) is 0 Å². The van der Waals surface area contributed by atoms with Crippen LogP contribution in [0, 0.1) is 0 Å². The average Bonchev–Trinajstić information content (AvgIpc) is 2.44.